The molecule has 0 spiro atoms. The van der Waals surface area contributed by atoms with E-state index >= 15 is 0 Å². The average molecular weight is 470 g/mol. The summed E-state index contributed by atoms with van der Waals surface area (Å²) in [6.45, 7) is 2.62. The number of likely N-dealkylation sites (tertiary alicyclic amines) is 1. The van der Waals surface area contributed by atoms with Gasteiger partial charge >= 0.3 is 0 Å². The maximum Gasteiger partial charge on any atom is 0.261 e. The number of piperazine rings is 1. The number of anilines is 2. The lowest BCUT2D eigenvalue weighted by Gasteiger charge is -2.63. The van der Waals surface area contributed by atoms with Crippen LogP contribution in [0.25, 0.3) is 5.65 Å². The Morgan fingerprint density at radius 3 is 2.94 bits per heavy atom. The number of halogens is 2. The SMILES string of the molecule is C[C@@]1(CO)Cc2cc(NC(=O)c3cnn4cccnc34)c(N3CC4C3CN4CC(F)F)cc2O1. The van der Waals surface area contributed by atoms with Crippen LogP contribution in [0.4, 0.5) is 20.2 Å². The molecule has 1 aromatic carbocycles. The van der Waals surface area contributed by atoms with E-state index in [0.29, 0.717) is 42.2 Å². The highest BCUT2D eigenvalue weighted by atomic mass is 19.3. The van der Waals surface area contributed by atoms with Gasteiger partial charge in [-0.2, -0.15) is 5.10 Å². The van der Waals surface area contributed by atoms with Crippen LogP contribution in [0.15, 0.2) is 36.8 Å². The molecule has 2 fully saturated rings. The van der Waals surface area contributed by atoms with Gasteiger partial charge in [-0.1, -0.05) is 0 Å². The molecule has 3 aliphatic rings. The Morgan fingerprint density at radius 1 is 1.35 bits per heavy atom. The van der Waals surface area contributed by atoms with Crippen molar-refractivity contribution in [3.63, 3.8) is 0 Å². The molecule has 0 saturated carbocycles. The van der Waals surface area contributed by atoms with Crippen LogP contribution in [0.5, 0.6) is 5.75 Å². The van der Waals surface area contributed by atoms with Crippen molar-refractivity contribution < 1.29 is 23.4 Å². The molecule has 9 nitrogen and oxygen atoms in total. The second-order valence-corrected chi connectivity index (χ2v) is 9.40. The zero-order valence-electron chi connectivity index (χ0n) is 18.5. The molecule has 2 unspecified atom stereocenters. The van der Waals surface area contributed by atoms with E-state index in [-0.39, 0.29) is 31.1 Å². The number of fused-ring (bicyclic) bond motifs is 3. The Bertz CT molecular complexity index is 1280. The molecule has 0 radical (unpaired) electrons. The smallest absolute Gasteiger partial charge is 0.261 e. The number of carbonyl (C=O) groups is 1. The van der Waals surface area contributed by atoms with Crippen LogP contribution in [-0.2, 0) is 6.42 Å². The van der Waals surface area contributed by atoms with E-state index in [4.69, 9.17) is 4.74 Å². The number of aliphatic hydroxyl groups is 1. The fourth-order valence-corrected chi connectivity index (χ4v) is 5.16. The van der Waals surface area contributed by atoms with Crippen LogP contribution in [-0.4, -0.2) is 80.9 Å². The van der Waals surface area contributed by atoms with Crippen molar-refractivity contribution in [2.24, 2.45) is 0 Å². The monoisotopic (exact) mass is 470 g/mol. The van der Waals surface area contributed by atoms with E-state index in [0.717, 1.165) is 11.3 Å². The second-order valence-electron chi connectivity index (χ2n) is 9.40. The summed E-state index contributed by atoms with van der Waals surface area (Å²) >= 11 is 0. The minimum atomic E-state index is -2.35. The highest BCUT2D eigenvalue weighted by molar-refractivity contribution is 6.09. The number of hydrogen-bond donors (Lipinski definition) is 2. The molecule has 3 atom stereocenters. The van der Waals surface area contributed by atoms with Crippen molar-refractivity contribution in [1.82, 2.24) is 19.5 Å². The Kier molecular flexibility index (Phi) is 4.75. The first-order valence-corrected chi connectivity index (χ1v) is 11.2. The van der Waals surface area contributed by atoms with Gasteiger partial charge in [0.25, 0.3) is 12.3 Å². The van der Waals surface area contributed by atoms with Gasteiger partial charge in [-0.25, -0.2) is 18.3 Å². The molecule has 0 bridgehead atoms. The summed E-state index contributed by atoms with van der Waals surface area (Å²) in [4.78, 5) is 21.4. The number of rotatable bonds is 6. The number of benzene rings is 1. The molecule has 34 heavy (non-hydrogen) atoms. The first-order valence-electron chi connectivity index (χ1n) is 11.2. The Hall–Kier alpha value is -3.31. The molecule has 178 valence electrons. The van der Waals surface area contributed by atoms with E-state index in [1.165, 1.54) is 10.7 Å². The number of aromatic nitrogens is 3. The Labute approximate surface area is 193 Å². The number of nitrogens with zero attached hydrogens (tertiary/aromatic N) is 5. The van der Waals surface area contributed by atoms with Crippen molar-refractivity contribution in [2.75, 3.05) is 36.5 Å². The fourth-order valence-electron chi connectivity index (χ4n) is 5.16. The van der Waals surface area contributed by atoms with Crippen LogP contribution in [0.2, 0.25) is 0 Å². The maximum absolute atomic E-state index is 13.2. The third-order valence-corrected chi connectivity index (χ3v) is 7.01. The van der Waals surface area contributed by atoms with Gasteiger partial charge < -0.3 is 20.1 Å². The molecular formula is C23H24F2N6O3. The summed E-state index contributed by atoms with van der Waals surface area (Å²) in [5.74, 6) is 0.318. The maximum atomic E-state index is 13.2. The van der Waals surface area contributed by atoms with Gasteiger partial charge in [0, 0.05) is 49.6 Å². The second kappa shape index (κ2) is 7.60. The van der Waals surface area contributed by atoms with Crippen LogP contribution in [0.1, 0.15) is 22.8 Å². The van der Waals surface area contributed by atoms with Gasteiger partial charge in [0.2, 0.25) is 0 Å². The Morgan fingerprint density at radius 2 is 2.21 bits per heavy atom. The topological polar surface area (TPSA) is 95.2 Å². The minimum absolute atomic E-state index is 0.0817. The summed E-state index contributed by atoms with van der Waals surface area (Å²) in [6.07, 6.45) is 2.95. The summed E-state index contributed by atoms with van der Waals surface area (Å²) in [5.41, 5.74) is 2.34. The largest absolute Gasteiger partial charge is 0.484 e. The Balaban J connectivity index is 1.31. The predicted molar refractivity (Wildman–Crippen MR) is 120 cm³/mol. The van der Waals surface area contributed by atoms with Gasteiger partial charge in [0.05, 0.1) is 36.8 Å². The van der Waals surface area contributed by atoms with Gasteiger partial charge in [0.1, 0.15) is 16.9 Å². The number of ether oxygens (including phenoxy) is 1. The third kappa shape index (κ3) is 3.30. The van der Waals surface area contributed by atoms with Crippen LogP contribution >= 0.6 is 0 Å². The van der Waals surface area contributed by atoms with E-state index in [2.05, 4.69) is 20.3 Å². The lowest BCUT2D eigenvalue weighted by molar-refractivity contribution is -0.0309. The number of carbonyl (C=O) groups excluding carboxylic acids is 1. The first kappa shape index (κ1) is 21.2. The minimum Gasteiger partial charge on any atom is -0.484 e. The fraction of sp³-hybridized carbons (Fsp3) is 0.435. The summed E-state index contributed by atoms with van der Waals surface area (Å²) in [6, 6.07) is 5.68. The van der Waals surface area contributed by atoms with Gasteiger partial charge in [-0.05, 0) is 19.1 Å². The van der Waals surface area contributed by atoms with Crippen LogP contribution < -0.4 is 15.0 Å². The van der Waals surface area contributed by atoms with Gasteiger partial charge in [0.15, 0.2) is 5.65 Å². The van der Waals surface area contributed by atoms with Crippen LogP contribution in [0.3, 0.4) is 0 Å². The standard InChI is InChI=1S/C23H24F2N6O3/c1-23(12-32)7-13-5-15(28-22(33)14-8-27-31-4-2-3-26-21(14)31)16(6-19(13)34-23)30-10-17-18(30)9-29(17)11-20(24)25/h2-6,8,17-18,20,32H,7,9-12H2,1H3,(H,28,33)/t17?,18?,23-/m0/s1. The highest BCUT2D eigenvalue weighted by Gasteiger charge is 2.52. The molecule has 2 aromatic heterocycles. The van der Waals surface area contributed by atoms with E-state index in [1.54, 1.807) is 23.4 Å². The van der Waals surface area contributed by atoms with E-state index < -0.39 is 12.0 Å². The summed E-state index contributed by atoms with van der Waals surface area (Å²) in [7, 11) is 0. The summed E-state index contributed by atoms with van der Waals surface area (Å²) < 4.78 is 33.2. The molecular weight excluding hydrogens is 446 g/mol. The lowest BCUT2D eigenvalue weighted by Crippen LogP contribution is -2.79. The van der Waals surface area contributed by atoms with Crippen molar-refractivity contribution in [1.29, 1.82) is 0 Å². The quantitative estimate of drug-likeness (QED) is 0.567. The zero-order chi connectivity index (χ0) is 23.6. The van der Waals surface area contributed by atoms with Gasteiger partial charge in [-0.3, -0.25) is 9.69 Å². The molecule has 5 heterocycles. The van der Waals surface area contributed by atoms with Crippen molar-refractivity contribution in [3.05, 3.63) is 47.9 Å². The molecule has 2 N–H and O–H groups in total. The van der Waals surface area contributed by atoms with Crippen molar-refractivity contribution in [2.45, 2.75) is 37.5 Å². The van der Waals surface area contributed by atoms with E-state index in [1.807, 2.05) is 19.1 Å². The zero-order valence-corrected chi connectivity index (χ0v) is 18.5. The number of aliphatic hydroxyl groups excluding tert-OH is 1. The molecule has 0 aliphatic carbocycles. The molecule has 3 aromatic rings. The predicted octanol–water partition coefficient (Wildman–Crippen LogP) is 1.81. The molecule has 1 amide bonds. The number of hydrogen-bond acceptors (Lipinski definition) is 7. The normalized spacial score (nSPS) is 25.5. The third-order valence-electron chi connectivity index (χ3n) is 7.01. The number of amides is 1. The lowest BCUT2D eigenvalue weighted by atomic mass is 9.84. The summed E-state index contributed by atoms with van der Waals surface area (Å²) in [5, 5.41) is 17.0. The van der Waals surface area contributed by atoms with Crippen LogP contribution in [0, 0.1) is 0 Å². The molecule has 11 heteroatoms. The highest BCUT2D eigenvalue weighted by Crippen LogP contribution is 2.46. The molecule has 6 rings (SSSR count). The first-order chi connectivity index (χ1) is 16.3. The van der Waals surface area contributed by atoms with E-state index in [9.17, 15) is 18.7 Å². The van der Waals surface area contributed by atoms with Crippen molar-refractivity contribution in [3.8, 4) is 5.75 Å². The van der Waals surface area contributed by atoms with Gasteiger partial charge in [-0.15, -0.1) is 0 Å². The van der Waals surface area contributed by atoms with Crippen molar-refractivity contribution >= 4 is 22.9 Å². The number of nitrogens with one attached hydrogen (secondary N) is 1. The average Bonchev–Trinajstić information content (AvgIpc) is 3.37. The molecule has 2 saturated heterocycles. The number of alkyl halides is 2. The molecule has 3 aliphatic heterocycles.